The number of hydrogen-bond donors (Lipinski definition) is 0. The molecule has 0 atom stereocenters. The molecule has 3 heteroatoms. The van der Waals surface area contributed by atoms with Crippen LogP contribution in [-0.2, 0) is 13.0 Å². The predicted molar refractivity (Wildman–Crippen MR) is 80.1 cm³/mol. The Morgan fingerprint density at radius 2 is 2.05 bits per heavy atom. The van der Waals surface area contributed by atoms with E-state index >= 15 is 0 Å². The molecule has 0 unspecified atom stereocenters. The molecule has 1 aliphatic heterocycles. The molecule has 3 rings (SSSR count). The van der Waals surface area contributed by atoms with Crippen molar-refractivity contribution in [2.24, 2.45) is 0 Å². The minimum Gasteiger partial charge on any atom is -0.367 e. The van der Waals surface area contributed by atoms with E-state index in [1.54, 1.807) is 0 Å². The first-order valence-corrected chi connectivity index (χ1v) is 7.59. The quantitative estimate of drug-likeness (QED) is 0.789. The van der Waals surface area contributed by atoms with Crippen LogP contribution in [0.15, 0.2) is 35.7 Å². The average molecular weight is 271 g/mol. The van der Waals surface area contributed by atoms with Crippen molar-refractivity contribution in [2.45, 2.75) is 26.3 Å². The maximum Gasteiger partial charge on any atom is 0.162 e. The lowest BCUT2D eigenvalue weighted by Gasteiger charge is -2.29. The first kappa shape index (κ1) is 12.4. The molecule has 0 bridgehead atoms. The van der Waals surface area contributed by atoms with Crippen LogP contribution >= 0.6 is 11.3 Å². The zero-order valence-corrected chi connectivity index (χ0v) is 11.9. The zero-order chi connectivity index (χ0) is 13.2. The Morgan fingerprint density at radius 1 is 1.26 bits per heavy atom. The van der Waals surface area contributed by atoms with Gasteiger partial charge in [-0.15, -0.1) is 11.3 Å². The topological polar surface area (TPSA) is 20.3 Å². The second-order valence-corrected chi connectivity index (χ2v) is 5.86. The largest absolute Gasteiger partial charge is 0.367 e. The van der Waals surface area contributed by atoms with Crippen molar-refractivity contribution in [2.75, 3.05) is 11.4 Å². The summed E-state index contributed by atoms with van der Waals surface area (Å²) in [6.07, 6.45) is 1.70. The number of rotatable bonds is 3. The second-order valence-electron chi connectivity index (χ2n) is 4.86. The summed E-state index contributed by atoms with van der Waals surface area (Å²) in [5, 5.41) is 2.18. The number of Topliss-reactive ketones (excluding diaryl/α,β-unsaturated/α-hetero) is 1. The van der Waals surface area contributed by atoms with Crippen LogP contribution in [0.5, 0.6) is 0 Å². The summed E-state index contributed by atoms with van der Waals surface area (Å²) in [6, 6.07) is 10.3. The lowest BCUT2D eigenvalue weighted by molar-refractivity contribution is 0.0988. The van der Waals surface area contributed by atoms with Gasteiger partial charge in [0.05, 0.1) is 0 Å². The van der Waals surface area contributed by atoms with E-state index < -0.39 is 0 Å². The molecule has 1 aromatic carbocycles. The van der Waals surface area contributed by atoms with Crippen LogP contribution in [0.3, 0.4) is 0 Å². The van der Waals surface area contributed by atoms with Gasteiger partial charge in [0.15, 0.2) is 5.78 Å². The Bertz CT molecular complexity index is 585. The van der Waals surface area contributed by atoms with Crippen molar-refractivity contribution in [3.05, 3.63) is 51.7 Å². The highest BCUT2D eigenvalue weighted by atomic mass is 32.1. The van der Waals surface area contributed by atoms with Crippen LogP contribution < -0.4 is 4.90 Å². The van der Waals surface area contributed by atoms with Gasteiger partial charge in [0.1, 0.15) is 0 Å². The Morgan fingerprint density at radius 3 is 2.79 bits per heavy atom. The summed E-state index contributed by atoms with van der Waals surface area (Å²) in [5.41, 5.74) is 3.48. The van der Waals surface area contributed by atoms with Crippen LogP contribution in [0.4, 0.5) is 5.69 Å². The molecule has 0 saturated carbocycles. The number of ketones is 1. The smallest absolute Gasteiger partial charge is 0.162 e. The molecule has 2 heterocycles. The minimum absolute atomic E-state index is 0.213. The third-order valence-corrected chi connectivity index (χ3v) is 4.71. The van der Waals surface area contributed by atoms with Crippen LogP contribution in [0, 0.1) is 0 Å². The average Bonchev–Trinajstić information content (AvgIpc) is 2.94. The normalized spacial score (nSPS) is 14.3. The molecule has 1 aromatic heterocycles. The van der Waals surface area contributed by atoms with Crippen molar-refractivity contribution in [1.29, 1.82) is 0 Å². The van der Waals surface area contributed by atoms with Gasteiger partial charge in [0.25, 0.3) is 0 Å². The number of thiophene rings is 1. The molecule has 0 fully saturated rings. The Balaban J connectivity index is 1.79. The van der Waals surface area contributed by atoms with Crippen molar-refractivity contribution >= 4 is 22.8 Å². The summed E-state index contributed by atoms with van der Waals surface area (Å²) >= 11 is 1.86. The van der Waals surface area contributed by atoms with E-state index in [1.165, 1.54) is 16.1 Å². The number of nitrogens with zero attached hydrogens (tertiary/aromatic N) is 1. The molecule has 0 spiro atoms. The molecule has 1 aliphatic rings. The van der Waals surface area contributed by atoms with Gasteiger partial charge in [0.2, 0.25) is 0 Å². The third-order valence-electron chi connectivity index (χ3n) is 3.68. The molecule has 0 saturated heterocycles. The Kier molecular flexibility index (Phi) is 3.38. The maximum absolute atomic E-state index is 11.6. The number of carbonyl (C=O) groups is 1. The highest BCUT2D eigenvalue weighted by Crippen LogP contribution is 2.27. The number of fused-ring (bicyclic) bond motifs is 1. The first-order chi connectivity index (χ1) is 9.28. The van der Waals surface area contributed by atoms with Crippen LogP contribution in [0.25, 0.3) is 0 Å². The highest BCUT2D eigenvalue weighted by Gasteiger charge is 2.17. The molecule has 19 heavy (non-hydrogen) atoms. The van der Waals surface area contributed by atoms with Crippen LogP contribution in [0.2, 0.25) is 0 Å². The number of anilines is 1. The van der Waals surface area contributed by atoms with Gasteiger partial charge >= 0.3 is 0 Å². The monoisotopic (exact) mass is 271 g/mol. The summed E-state index contributed by atoms with van der Waals surface area (Å²) in [6.45, 7) is 3.95. The summed E-state index contributed by atoms with van der Waals surface area (Å²) in [4.78, 5) is 15.5. The van der Waals surface area contributed by atoms with E-state index in [0.29, 0.717) is 6.42 Å². The second kappa shape index (κ2) is 5.17. The van der Waals surface area contributed by atoms with E-state index in [1.807, 2.05) is 30.4 Å². The Hall–Kier alpha value is -1.61. The number of carbonyl (C=O) groups excluding carboxylic acids is 1. The zero-order valence-electron chi connectivity index (χ0n) is 11.1. The number of hydrogen-bond acceptors (Lipinski definition) is 3. The Labute approximate surface area is 117 Å². The van der Waals surface area contributed by atoms with Crippen molar-refractivity contribution in [3.8, 4) is 0 Å². The van der Waals surface area contributed by atoms with E-state index in [9.17, 15) is 4.79 Å². The van der Waals surface area contributed by atoms with Gasteiger partial charge in [-0.25, -0.2) is 0 Å². The lowest BCUT2D eigenvalue weighted by atomic mass is 10.1. The lowest BCUT2D eigenvalue weighted by Crippen LogP contribution is -2.29. The predicted octanol–water partition coefficient (Wildman–Crippen LogP) is 3.90. The third kappa shape index (κ3) is 2.43. The number of benzene rings is 1. The van der Waals surface area contributed by atoms with Gasteiger partial charge < -0.3 is 4.90 Å². The highest BCUT2D eigenvalue weighted by molar-refractivity contribution is 7.10. The standard InChI is InChI=1S/C16H17NOS/c1-2-15(18)12-3-5-14(6-4-12)17-9-7-16-13(11-17)8-10-19-16/h3-6,8,10H,2,7,9,11H2,1H3. The maximum atomic E-state index is 11.6. The summed E-state index contributed by atoms with van der Waals surface area (Å²) < 4.78 is 0. The van der Waals surface area contributed by atoms with Crippen molar-refractivity contribution in [1.82, 2.24) is 0 Å². The van der Waals surface area contributed by atoms with E-state index in [0.717, 1.165) is 25.1 Å². The van der Waals surface area contributed by atoms with Gasteiger partial charge in [-0.1, -0.05) is 6.92 Å². The van der Waals surface area contributed by atoms with Gasteiger partial charge in [0, 0.05) is 35.6 Å². The molecule has 2 aromatic rings. The first-order valence-electron chi connectivity index (χ1n) is 6.71. The molecular weight excluding hydrogens is 254 g/mol. The fourth-order valence-corrected chi connectivity index (χ4v) is 3.42. The van der Waals surface area contributed by atoms with Crippen LogP contribution in [-0.4, -0.2) is 12.3 Å². The summed E-state index contributed by atoms with van der Waals surface area (Å²) in [5.74, 6) is 0.213. The molecule has 2 nitrogen and oxygen atoms in total. The van der Waals surface area contributed by atoms with Gasteiger partial charge in [-0.3, -0.25) is 4.79 Å². The summed E-state index contributed by atoms with van der Waals surface area (Å²) in [7, 11) is 0. The molecular formula is C16H17NOS. The fourth-order valence-electron chi connectivity index (χ4n) is 2.53. The minimum atomic E-state index is 0.213. The van der Waals surface area contributed by atoms with Crippen molar-refractivity contribution in [3.63, 3.8) is 0 Å². The van der Waals surface area contributed by atoms with Crippen molar-refractivity contribution < 1.29 is 4.79 Å². The molecule has 98 valence electrons. The van der Waals surface area contributed by atoms with Gasteiger partial charge in [-0.2, -0.15) is 0 Å². The molecule has 0 aliphatic carbocycles. The van der Waals surface area contributed by atoms with E-state index in [-0.39, 0.29) is 5.78 Å². The molecule has 0 N–H and O–H groups in total. The van der Waals surface area contributed by atoms with E-state index in [2.05, 4.69) is 28.5 Å². The SMILES string of the molecule is CCC(=O)c1ccc(N2CCc3sccc3C2)cc1. The van der Waals surface area contributed by atoms with Gasteiger partial charge in [-0.05, 0) is 47.7 Å². The van der Waals surface area contributed by atoms with Crippen LogP contribution in [0.1, 0.15) is 34.1 Å². The van der Waals surface area contributed by atoms with E-state index in [4.69, 9.17) is 0 Å². The molecule has 0 amide bonds. The fraction of sp³-hybridized carbons (Fsp3) is 0.312. The molecule has 0 radical (unpaired) electrons.